The van der Waals surface area contributed by atoms with Crippen molar-refractivity contribution in [2.45, 2.75) is 45.6 Å². The molecule has 5 nitrogen and oxygen atoms in total. The normalized spacial score (nSPS) is 16.7. The minimum Gasteiger partial charge on any atom is -0.358 e. The highest BCUT2D eigenvalue weighted by Gasteiger charge is 2.29. The Hall–Kier alpha value is -2.27. The van der Waals surface area contributed by atoms with Gasteiger partial charge in [-0.25, -0.2) is 0 Å². The fourth-order valence-corrected chi connectivity index (χ4v) is 4.27. The zero-order valence-electron chi connectivity index (χ0n) is 15.1. The van der Waals surface area contributed by atoms with Crippen molar-refractivity contribution in [1.82, 2.24) is 20.1 Å². The van der Waals surface area contributed by atoms with Crippen LogP contribution < -0.4 is 0 Å². The van der Waals surface area contributed by atoms with Gasteiger partial charge in [-0.15, -0.1) is 0 Å². The van der Waals surface area contributed by atoms with E-state index in [-0.39, 0.29) is 11.9 Å². The van der Waals surface area contributed by atoms with Crippen LogP contribution >= 0.6 is 11.6 Å². The molecule has 0 bridgehead atoms. The zero-order chi connectivity index (χ0) is 18.3. The van der Waals surface area contributed by atoms with Gasteiger partial charge in [0.1, 0.15) is 0 Å². The van der Waals surface area contributed by atoms with Crippen LogP contribution in [-0.4, -0.2) is 38.6 Å². The summed E-state index contributed by atoms with van der Waals surface area (Å²) in [5, 5.41) is 9.04. The van der Waals surface area contributed by atoms with E-state index in [0.717, 1.165) is 41.2 Å². The number of aromatic amines is 2. The Balaban J connectivity index is 1.57. The predicted octanol–water partition coefficient (Wildman–Crippen LogP) is 3.80. The number of H-pyrrole nitrogens is 2. The molecule has 2 N–H and O–H groups in total. The van der Waals surface area contributed by atoms with Crippen LogP contribution in [0.4, 0.5) is 0 Å². The minimum atomic E-state index is 0.144. The molecule has 2 aromatic heterocycles. The van der Waals surface area contributed by atoms with E-state index in [1.807, 2.05) is 36.1 Å². The lowest BCUT2D eigenvalue weighted by Gasteiger charge is -2.33. The van der Waals surface area contributed by atoms with Crippen molar-refractivity contribution in [3.8, 4) is 0 Å². The Morgan fingerprint density at radius 2 is 2.23 bits per heavy atom. The molecule has 0 aliphatic heterocycles. The summed E-state index contributed by atoms with van der Waals surface area (Å²) >= 11 is 6.20. The fourth-order valence-electron chi connectivity index (χ4n) is 4.10. The standard InChI is InChI=1S/C20H23ClN4O/c1-3-25(20(26)10-14-8-12(2)23-24-14)15-5-7-19-17(11-15)16-9-13(21)4-6-18(16)22-19/h4,6,8-9,15,22H,3,5,7,10-11H2,1-2H3,(H,23,24)/t15-/m0/s1. The summed E-state index contributed by atoms with van der Waals surface area (Å²) in [5.74, 6) is 0.144. The Labute approximate surface area is 157 Å². The Kier molecular flexibility index (Phi) is 4.49. The van der Waals surface area contributed by atoms with Crippen molar-refractivity contribution in [3.63, 3.8) is 0 Å². The highest BCUT2D eigenvalue weighted by atomic mass is 35.5. The summed E-state index contributed by atoms with van der Waals surface area (Å²) in [6.07, 6.45) is 3.15. The SMILES string of the molecule is CCN(C(=O)Cc1cc(C)[nH]n1)[C@H]1CCc2[nH]c3ccc(Cl)cc3c2C1. The number of nitrogens with zero attached hydrogens (tertiary/aromatic N) is 2. The third kappa shape index (κ3) is 3.12. The fraction of sp³-hybridized carbons (Fsp3) is 0.400. The number of carbonyl (C=O) groups is 1. The van der Waals surface area contributed by atoms with Gasteiger partial charge >= 0.3 is 0 Å². The maximum absolute atomic E-state index is 12.9. The minimum absolute atomic E-state index is 0.144. The van der Waals surface area contributed by atoms with E-state index in [1.165, 1.54) is 16.6 Å². The molecule has 26 heavy (non-hydrogen) atoms. The van der Waals surface area contributed by atoms with Crippen LogP contribution in [0.25, 0.3) is 10.9 Å². The Bertz CT molecular complexity index is 958. The highest BCUT2D eigenvalue weighted by Crippen LogP contribution is 2.32. The zero-order valence-corrected chi connectivity index (χ0v) is 15.9. The topological polar surface area (TPSA) is 64.8 Å². The number of benzene rings is 1. The number of nitrogens with one attached hydrogen (secondary N) is 2. The van der Waals surface area contributed by atoms with Crippen LogP contribution in [0.5, 0.6) is 0 Å². The number of fused-ring (bicyclic) bond motifs is 3. The molecule has 3 aromatic rings. The monoisotopic (exact) mass is 370 g/mol. The molecule has 1 aliphatic carbocycles. The quantitative estimate of drug-likeness (QED) is 0.733. The van der Waals surface area contributed by atoms with Gasteiger partial charge in [0.15, 0.2) is 0 Å². The number of hydrogen-bond acceptors (Lipinski definition) is 2. The molecule has 4 rings (SSSR count). The van der Waals surface area contributed by atoms with Gasteiger partial charge in [-0.05, 0) is 62.9 Å². The maximum Gasteiger partial charge on any atom is 0.228 e. The average Bonchev–Trinajstić information content (AvgIpc) is 3.18. The Morgan fingerprint density at radius 3 is 2.96 bits per heavy atom. The molecular weight excluding hydrogens is 348 g/mol. The van der Waals surface area contributed by atoms with E-state index in [0.29, 0.717) is 13.0 Å². The molecule has 0 saturated carbocycles. The van der Waals surface area contributed by atoms with E-state index in [9.17, 15) is 4.79 Å². The van der Waals surface area contributed by atoms with Crippen molar-refractivity contribution in [2.24, 2.45) is 0 Å². The van der Waals surface area contributed by atoms with Crippen molar-refractivity contribution < 1.29 is 4.79 Å². The molecule has 136 valence electrons. The van der Waals surface area contributed by atoms with Gasteiger partial charge < -0.3 is 9.88 Å². The first kappa shape index (κ1) is 17.2. The molecule has 1 aliphatic rings. The Morgan fingerprint density at radius 1 is 1.38 bits per heavy atom. The second-order valence-electron chi connectivity index (χ2n) is 7.07. The second-order valence-corrected chi connectivity index (χ2v) is 7.50. The van der Waals surface area contributed by atoms with E-state index in [4.69, 9.17) is 11.6 Å². The molecule has 0 fully saturated rings. The third-order valence-corrected chi connectivity index (χ3v) is 5.55. The molecule has 0 radical (unpaired) electrons. The summed E-state index contributed by atoms with van der Waals surface area (Å²) in [4.78, 5) is 18.4. The number of carbonyl (C=O) groups excluding carboxylic acids is 1. The molecular formula is C20H23ClN4O. The van der Waals surface area contributed by atoms with Gasteiger partial charge in [-0.2, -0.15) is 5.10 Å². The van der Waals surface area contributed by atoms with Crippen molar-refractivity contribution in [2.75, 3.05) is 6.54 Å². The molecule has 6 heteroatoms. The number of halogens is 1. The third-order valence-electron chi connectivity index (χ3n) is 5.32. The average molecular weight is 371 g/mol. The smallest absolute Gasteiger partial charge is 0.228 e. The van der Waals surface area contributed by atoms with E-state index >= 15 is 0 Å². The highest BCUT2D eigenvalue weighted by molar-refractivity contribution is 6.31. The number of aromatic nitrogens is 3. The number of amides is 1. The van der Waals surface area contributed by atoms with Crippen LogP contribution in [0.1, 0.15) is 36.0 Å². The summed E-state index contributed by atoms with van der Waals surface area (Å²) < 4.78 is 0. The maximum atomic E-state index is 12.9. The van der Waals surface area contributed by atoms with Crippen LogP contribution in [0.2, 0.25) is 5.02 Å². The van der Waals surface area contributed by atoms with Gasteiger partial charge in [-0.1, -0.05) is 11.6 Å². The summed E-state index contributed by atoms with van der Waals surface area (Å²) in [7, 11) is 0. The van der Waals surface area contributed by atoms with Crippen molar-refractivity contribution in [3.05, 3.63) is 51.9 Å². The van der Waals surface area contributed by atoms with Gasteiger partial charge in [0, 0.05) is 39.9 Å². The van der Waals surface area contributed by atoms with Crippen molar-refractivity contribution >= 4 is 28.4 Å². The van der Waals surface area contributed by atoms with Gasteiger partial charge in [0.25, 0.3) is 0 Å². The number of rotatable bonds is 4. The second kappa shape index (κ2) is 6.80. The van der Waals surface area contributed by atoms with E-state index < -0.39 is 0 Å². The number of likely N-dealkylation sites (N-methyl/N-ethyl adjacent to an activating group) is 1. The lowest BCUT2D eigenvalue weighted by atomic mass is 9.90. The van der Waals surface area contributed by atoms with Gasteiger partial charge in [0.2, 0.25) is 5.91 Å². The summed E-state index contributed by atoms with van der Waals surface area (Å²) in [6, 6.07) is 8.13. The van der Waals surface area contributed by atoms with Gasteiger partial charge in [-0.3, -0.25) is 9.89 Å². The van der Waals surface area contributed by atoms with Crippen molar-refractivity contribution in [1.29, 1.82) is 0 Å². The van der Waals surface area contributed by atoms with Crippen LogP contribution in [0.3, 0.4) is 0 Å². The van der Waals surface area contributed by atoms with Crippen LogP contribution in [0.15, 0.2) is 24.3 Å². The molecule has 1 amide bonds. The molecule has 0 unspecified atom stereocenters. The molecule has 0 saturated heterocycles. The van der Waals surface area contributed by atoms with E-state index in [1.54, 1.807) is 0 Å². The lowest BCUT2D eigenvalue weighted by molar-refractivity contribution is -0.132. The van der Waals surface area contributed by atoms with Gasteiger partial charge in [0.05, 0.1) is 12.1 Å². The first-order valence-electron chi connectivity index (χ1n) is 9.14. The molecule has 1 aromatic carbocycles. The predicted molar refractivity (Wildman–Crippen MR) is 104 cm³/mol. The number of hydrogen-bond donors (Lipinski definition) is 2. The van der Waals surface area contributed by atoms with E-state index in [2.05, 4.69) is 22.1 Å². The summed E-state index contributed by atoms with van der Waals surface area (Å²) in [5.41, 5.74) is 5.50. The molecule has 2 heterocycles. The van der Waals surface area contributed by atoms with Crippen LogP contribution in [-0.2, 0) is 24.1 Å². The molecule has 1 atom stereocenters. The summed E-state index contributed by atoms with van der Waals surface area (Å²) in [6.45, 7) is 4.71. The first-order chi connectivity index (χ1) is 12.5. The lowest BCUT2D eigenvalue weighted by Crippen LogP contribution is -2.44. The molecule has 0 spiro atoms. The van der Waals surface area contributed by atoms with Crippen LogP contribution in [0, 0.1) is 6.92 Å². The number of aryl methyl sites for hydroxylation is 2. The first-order valence-corrected chi connectivity index (χ1v) is 9.52. The largest absolute Gasteiger partial charge is 0.358 e.